The maximum Gasteiger partial charge on any atom is 0.328 e. The number of benzene rings is 1. The van der Waals surface area contributed by atoms with Gasteiger partial charge in [0.2, 0.25) is 11.8 Å². The molecule has 1 unspecified atom stereocenters. The number of ether oxygens (including phenoxy) is 1. The summed E-state index contributed by atoms with van der Waals surface area (Å²) in [4.78, 5) is 55.9. The van der Waals surface area contributed by atoms with Crippen molar-refractivity contribution < 1.29 is 23.9 Å². The normalized spacial score (nSPS) is 19.5. The zero-order valence-corrected chi connectivity index (χ0v) is 20.7. The molecule has 10 heteroatoms. The molecule has 1 saturated carbocycles. The number of amides is 3. The average molecular weight is 503 g/mol. The predicted molar refractivity (Wildman–Crippen MR) is 131 cm³/mol. The molecule has 1 aromatic carbocycles. The summed E-state index contributed by atoms with van der Waals surface area (Å²) in [5.74, 6) is -1.56. The highest BCUT2D eigenvalue weighted by Gasteiger charge is 2.37. The molecule has 0 spiro atoms. The van der Waals surface area contributed by atoms with Crippen LogP contribution in [0.3, 0.4) is 0 Å². The van der Waals surface area contributed by atoms with E-state index in [9.17, 15) is 19.2 Å². The maximum atomic E-state index is 13.4. The summed E-state index contributed by atoms with van der Waals surface area (Å²) in [5, 5.41) is 6.88. The molecule has 3 amide bonds. The number of piperidine rings is 1. The van der Waals surface area contributed by atoms with Crippen LogP contribution < -0.4 is 10.6 Å². The summed E-state index contributed by atoms with van der Waals surface area (Å²) in [6.07, 6.45) is 4.09. The number of nitrogens with one attached hydrogen (secondary N) is 3. The van der Waals surface area contributed by atoms with Gasteiger partial charge in [-0.2, -0.15) is 0 Å². The number of H-pyrrole nitrogens is 1. The molecule has 9 nitrogen and oxygen atoms in total. The Hall–Kier alpha value is -3.07. The summed E-state index contributed by atoms with van der Waals surface area (Å²) in [6, 6.07) is 5.36. The molecule has 1 aliphatic heterocycles. The SMILES string of the molecule is COC(=O)C(C[C@@H]1CCCNC1=O)NC(=O)[C@H](CC1CC1)N(C)C(=O)c1cc2cccc(Cl)c2[nH]1. The molecule has 35 heavy (non-hydrogen) atoms. The van der Waals surface area contributed by atoms with Crippen LogP contribution >= 0.6 is 11.6 Å². The third-order valence-corrected chi connectivity index (χ3v) is 7.22. The van der Waals surface area contributed by atoms with Gasteiger partial charge < -0.3 is 25.3 Å². The van der Waals surface area contributed by atoms with Crippen LogP contribution in [0.2, 0.25) is 5.02 Å². The molecule has 2 aliphatic rings. The van der Waals surface area contributed by atoms with Crippen LogP contribution in [0.15, 0.2) is 24.3 Å². The Bertz CT molecular complexity index is 1130. The highest BCUT2D eigenvalue weighted by Crippen LogP contribution is 2.35. The molecule has 188 valence electrons. The van der Waals surface area contributed by atoms with Gasteiger partial charge in [-0.15, -0.1) is 0 Å². The number of carbonyl (C=O) groups excluding carboxylic acids is 4. The fourth-order valence-electron chi connectivity index (χ4n) is 4.65. The molecule has 3 N–H and O–H groups in total. The summed E-state index contributed by atoms with van der Waals surface area (Å²) in [7, 11) is 2.84. The van der Waals surface area contributed by atoms with E-state index in [1.165, 1.54) is 12.0 Å². The first kappa shape index (κ1) is 25.0. The summed E-state index contributed by atoms with van der Waals surface area (Å²) >= 11 is 6.24. The number of aromatic amines is 1. The molecule has 3 atom stereocenters. The standard InChI is InChI=1S/C25H31ClN4O5/c1-30(24(33)18-12-15-5-3-7-17(26)21(15)28-18)20(11-14-8-9-14)23(32)29-19(25(34)35-2)13-16-6-4-10-27-22(16)31/h3,5,7,12,14,16,19-20,28H,4,6,8-11,13H2,1-2H3,(H,27,31)(H,29,32)/t16-,19?,20-/m0/s1. The Morgan fingerprint density at radius 3 is 2.66 bits per heavy atom. The number of halogens is 1. The highest BCUT2D eigenvalue weighted by atomic mass is 35.5. The van der Waals surface area contributed by atoms with Crippen LogP contribution in [0.5, 0.6) is 0 Å². The van der Waals surface area contributed by atoms with Gasteiger partial charge in [0.05, 0.1) is 17.6 Å². The Labute approximate surface area is 208 Å². The van der Waals surface area contributed by atoms with E-state index in [4.69, 9.17) is 16.3 Å². The molecule has 1 saturated heterocycles. The van der Waals surface area contributed by atoms with Gasteiger partial charge in [-0.3, -0.25) is 14.4 Å². The fraction of sp³-hybridized carbons (Fsp3) is 0.520. The number of nitrogens with zero attached hydrogens (tertiary/aromatic N) is 1. The third-order valence-electron chi connectivity index (χ3n) is 6.90. The van der Waals surface area contributed by atoms with E-state index in [1.807, 2.05) is 6.07 Å². The molecule has 1 aliphatic carbocycles. The molecule has 0 radical (unpaired) electrons. The second kappa shape index (κ2) is 10.7. The van der Waals surface area contributed by atoms with Crippen molar-refractivity contribution in [2.45, 2.75) is 50.6 Å². The van der Waals surface area contributed by atoms with Crippen LogP contribution in [-0.2, 0) is 19.1 Å². The summed E-state index contributed by atoms with van der Waals surface area (Å²) < 4.78 is 4.90. The first-order valence-electron chi connectivity index (χ1n) is 12.0. The topological polar surface area (TPSA) is 121 Å². The summed E-state index contributed by atoms with van der Waals surface area (Å²) in [6.45, 7) is 0.611. The molecule has 1 aromatic heterocycles. The lowest BCUT2D eigenvalue weighted by Crippen LogP contribution is -2.53. The van der Waals surface area contributed by atoms with E-state index in [0.717, 1.165) is 24.6 Å². The van der Waals surface area contributed by atoms with Gasteiger partial charge in [-0.1, -0.05) is 36.6 Å². The molecule has 2 fully saturated rings. The number of esters is 1. The lowest BCUT2D eigenvalue weighted by molar-refractivity contribution is -0.146. The van der Waals surface area contributed by atoms with Gasteiger partial charge >= 0.3 is 5.97 Å². The van der Waals surface area contributed by atoms with Crippen LogP contribution in [-0.4, -0.2) is 66.4 Å². The largest absolute Gasteiger partial charge is 0.467 e. The fourth-order valence-corrected chi connectivity index (χ4v) is 4.87. The minimum atomic E-state index is -0.974. The van der Waals surface area contributed by atoms with Crippen LogP contribution in [0, 0.1) is 11.8 Å². The Morgan fingerprint density at radius 1 is 1.23 bits per heavy atom. The van der Waals surface area contributed by atoms with Crippen molar-refractivity contribution >= 4 is 46.2 Å². The van der Waals surface area contributed by atoms with Crippen molar-refractivity contribution in [1.29, 1.82) is 0 Å². The van der Waals surface area contributed by atoms with Crippen LogP contribution in [0.4, 0.5) is 0 Å². The number of carbonyl (C=O) groups is 4. The molecule has 2 aromatic rings. The van der Waals surface area contributed by atoms with E-state index >= 15 is 0 Å². The third kappa shape index (κ3) is 5.78. The van der Waals surface area contributed by atoms with Gasteiger partial charge in [0, 0.05) is 24.9 Å². The van der Waals surface area contributed by atoms with Gasteiger partial charge in [0.25, 0.3) is 5.91 Å². The van der Waals surface area contributed by atoms with Crippen molar-refractivity contribution in [1.82, 2.24) is 20.5 Å². The van der Waals surface area contributed by atoms with E-state index in [0.29, 0.717) is 41.5 Å². The van der Waals surface area contributed by atoms with E-state index in [2.05, 4.69) is 15.6 Å². The number of hydrogen-bond donors (Lipinski definition) is 3. The van der Waals surface area contributed by atoms with Crippen molar-refractivity contribution in [3.05, 3.63) is 35.0 Å². The van der Waals surface area contributed by atoms with Crippen LogP contribution in [0.25, 0.3) is 10.9 Å². The van der Waals surface area contributed by atoms with E-state index < -0.39 is 24.0 Å². The van der Waals surface area contributed by atoms with Crippen molar-refractivity contribution in [2.75, 3.05) is 20.7 Å². The number of hydrogen-bond acceptors (Lipinski definition) is 5. The molecular formula is C25H31ClN4O5. The average Bonchev–Trinajstić information content (AvgIpc) is 3.57. The van der Waals surface area contributed by atoms with E-state index in [1.54, 1.807) is 25.2 Å². The van der Waals surface area contributed by atoms with Gasteiger partial charge in [0.1, 0.15) is 17.8 Å². The number of para-hydroxylation sites is 1. The second-order valence-corrected chi connectivity index (χ2v) is 9.86. The first-order valence-corrected chi connectivity index (χ1v) is 12.4. The second-order valence-electron chi connectivity index (χ2n) is 9.45. The van der Waals surface area contributed by atoms with Crippen molar-refractivity contribution in [3.8, 4) is 0 Å². The lowest BCUT2D eigenvalue weighted by atomic mass is 9.91. The smallest absolute Gasteiger partial charge is 0.328 e. The first-order chi connectivity index (χ1) is 16.8. The molecule has 2 heterocycles. The number of rotatable bonds is 9. The quantitative estimate of drug-likeness (QED) is 0.455. The summed E-state index contributed by atoms with van der Waals surface area (Å²) in [5.41, 5.74) is 0.984. The van der Waals surface area contributed by atoms with Gasteiger partial charge in [0.15, 0.2) is 0 Å². The number of likely N-dealkylation sites (N-methyl/N-ethyl adjacent to an activating group) is 1. The number of methoxy groups -OCH3 is 1. The minimum absolute atomic E-state index is 0.126. The van der Waals surface area contributed by atoms with Crippen molar-refractivity contribution in [2.24, 2.45) is 11.8 Å². The molecule has 0 bridgehead atoms. The highest BCUT2D eigenvalue weighted by molar-refractivity contribution is 6.35. The minimum Gasteiger partial charge on any atom is -0.467 e. The molecular weight excluding hydrogens is 472 g/mol. The molecule has 4 rings (SSSR count). The van der Waals surface area contributed by atoms with Gasteiger partial charge in [-0.05, 0) is 43.7 Å². The Kier molecular flexibility index (Phi) is 7.64. The van der Waals surface area contributed by atoms with E-state index in [-0.39, 0.29) is 24.2 Å². The predicted octanol–water partition coefficient (Wildman–Crippen LogP) is 2.64. The Morgan fingerprint density at radius 2 is 2.00 bits per heavy atom. The zero-order chi connectivity index (χ0) is 25.1. The number of fused-ring (bicyclic) bond motifs is 1. The Balaban J connectivity index is 1.51. The van der Waals surface area contributed by atoms with Crippen LogP contribution in [0.1, 0.15) is 49.0 Å². The van der Waals surface area contributed by atoms with Crippen molar-refractivity contribution in [3.63, 3.8) is 0 Å². The monoisotopic (exact) mass is 502 g/mol. The maximum absolute atomic E-state index is 13.4. The lowest BCUT2D eigenvalue weighted by Gasteiger charge is -2.30. The zero-order valence-electron chi connectivity index (χ0n) is 19.9. The number of aromatic nitrogens is 1. The van der Waals surface area contributed by atoms with Gasteiger partial charge in [-0.25, -0.2) is 4.79 Å².